The number of alkyl halides is 24. The summed E-state index contributed by atoms with van der Waals surface area (Å²) in [5.74, 6) is 0. The van der Waals surface area contributed by atoms with Gasteiger partial charge in [-0.1, -0.05) is 94.8 Å². The summed E-state index contributed by atoms with van der Waals surface area (Å²) in [7, 11) is 0. The molecule has 0 fully saturated rings. The Morgan fingerprint density at radius 3 is 0.867 bits per heavy atom. The number of pyridine rings is 1. The van der Waals surface area contributed by atoms with Crippen molar-refractivity contribution < 1.29 is 110 Å². The standard InChI is InChI=1S/C32H12BF24.C16H13BrN/c34-25(35,36)13-1-14(26(37,38)39)6-21(5-13)33(22-7-15(27(40,41)42)2-16(8-22)28(43,44)45,23-9-17(29(46,47)48)3-18(10-23)30(49,50)51)24-11-19(31(52,53)54)4-20(12-24)32(55,56)57;17-16-7-6-15-12-18(9-8-14(15)10-16)11-13-4-2-1-3-5-13/h1-12H;1-10,12H,11H2/q-1;+1. The monoisotopic (exact) mass is 1160 g/mol. The predicted octanol–water partition coefficient (Wildman–Crippen LogP) is 15.2. The predicted molar refractivity (Wildman–Crippen MR) is 227 cm³/mol. The smallest absolute Gasteiger partial charge is 0.200 e. The summed E-state index contributed by atoms with van der Waals surface area (Å²) in [5, 5.41) is 2.52. The molecule has 1 heterocycles. The molecule has 0 amide bonds. The van der Waals surface area contributed by atoms with Gasteiger partial charge >= 0.3 is 49.4 Å². The number of nitrogens with zero attached hydrogens (tertiary/aromatic N) is 1. The van der Waals surface area contributed by atoms with Crippen molar-refractivity contribution in [3.8, 4) is 0 Å². The SMILES string of the molecule is Brc1ccc2c[n+](Cc3ccccc3)ccc2c1.FC(F)(F)c1cc([B-](c2cc(C(F)(F)F)cc(C(F)(F)F)c2)(c2cc(C(F)(F)F)cc(C(F)(F)F)c2)c2cc(C(F)(F)F)cc(C(F)(F)F)c2)cc(C(F)(F)F)c1. The molecular formula is C48H25BBrF24N. The second-order valence-electron chi connectivity index (χ2n) is 16.6. The number of fused-ring (bicyclic) bond motifs is 1. The summed E-state index contributed by atoms with van der Waals surface area (Å²) in [6.45, 7) is 0.910. The zero-order valence-electron chi connectivity index (χ0n) is 36.5. The molecule has 27 heteroatoms. The largest absolute Gasteiger partial charge is 0.416 e. The Hall–Kier alpha value is -6.41. The minimum absolute atomic E-state index is 0.691. The van der Waals surface area contributed by atoms with Gasteiger partial charge in [-0.3, -0.25) is 0 Å². The van der Waals surface area contributed by atoms with Crippen molar-refractivity contribution in [1.29, 1.82) is 0 Å². The van der Waals surface area contributed by atoms with E-state index >= 15 is 0 Å². The highest BCUT2D eigenvalue weighted by molar-refractivity contribution is 9.10. The molecule has 0 radical (unpaired) electrons. The molecule has 6 aromatic carbocycles. The molecule has 0 aliphatic heterocycles. The molecule has 0 atom stereocenters. The fourth-order valence-electron chi connectivity index (χ4n) is 8.17. The van der Waals surface area contributed by atoms with Crippen LogP contribution in [0.15, 0.2) is 144 Å². The number of rotatable bonds is 6. The van der Waals surface area contributed by atoms with E-state index in [1.165, 1.54) is 16.3 Å². The maximum Gasteiger partial charge on any atom is 0.416 e. The molecule has 400 valence electrons. The Labute approximate surface area is 414 Å². The highest BCUT2D eigenvalue weighted by Crippen LogP contribution is 2.41. The summed E-state index contributed by atoms with van der Waals surface area (Å²) in [6, 6.07) is 10.2. The van der Waals surface area contributed by atoms with E-state index in [9.17, 15) is 105 Å². The van der Waals surface area contributed by atoms with Gasteiger partial charge in [-0.05, 0) is 47.9 Å². The molecular weight excluding hydrogens is 1140 g/mol. The van der Waals surface area contributed by atoms with Crippen LogP contribution in [0.4, 0.5) is 105 Å². The fraction of sp³-hybridized carbons (Fsp3) is 0.188. The van der Waals surface area contributed by atoms with Crippen LogP contribution in [0.3, 0.4) is 0 Å². The Morgan fingerprint density at radius 1 is 0.320 bits per heavy atom. The molecule has 0 unspecified atom stereocenters. The van der Waals surface area contributed by atoms with Crippen LogP contribution in [0.25, 0.3) is 10.8 Å². The van der Waals surface area contributed by atoms with Crippen LogP contribution in [0.1, 0.15) is 50.1 Å². The first-order valence-corrected chi connectivity index (χ1v) is 21.3. The third-order valence-corrected chi connectivity index (χ3v) is 11.9. The van der Waals surface area contributed by atoms with Crippen LogP contribution >= 0.6 is 15.9 Å². The van der Waals surface area contributed by atoms with Crippen LogP contribution in [0, 0.1) is 0 Å². The minimum Gasteiger partial charge on any atom is -0.200 e. The van der Waals surface area contributed by atoms with Crippen molar-refractivity contribution in [3.05, 3.63) is 194 Å². The van der Waals surface area contributed by atoms with Crippen LogP contribution in [0.5, 0.6) is 0 Å². The van der Waals surface area contributed by atoms with E-state index in [4.69, 9.17) is 0 Å². The average molecular weight is 1160 g/mol. The lowest BCUT2D eigenvalue weighted by Gasteiger charge is -2.46. The molecule has 0 bridgehead atoms. The number of hydrogen-bond acceptors (Lipinski definition) is 0. The molecule has 7 rings (SSSR count). The minimum atomic E-state index is -6.13. The van der Waals surface area contributed by atoms with Gasteiger partial charge in [0, 0.05) is 21.5 Å². The van der Waals surface area contributed by atoms with Crippen LogP contribution in [-0.2, 0) is 56.0 Å². The quantitative estimate of drug-likeness (QED) is 0.0888. The molecule has 75 heavy (non-hydrogen) atoms. The molecule has 0 saturated heterocycles. The van der Waals surface area contributed by atoms with E-state index in [1.807, 2.05) is 6.07 Å². The first-order chi connectivity index (χ1) is 34.1. The molecule has 1 nitrogen and oxygen atoms in total. The summed E-state index contributed by atoms with van der Waals surface area (Å²) in [4.78, 5) is 0. The number of benzene rings is 6. The summed E-state index contributed by atoms with van der Waals surface area (Å²) < 4.78 is 344. The van der Waals surface area contributed by atoms with Gasteiger partial charge in [0.1, 0.15) is 6.15 Å². The van der Waals surface area contributed by atoms with Crippen molar-refractivity contribution in [2.45, 2.75) is 56.0 Å². The molecule has 0 spiro atoms. The van der Waals surface area contributed by atoms with E-state index in [0.717, 1.165) is 11.0 Å². The maximum atomic E-state index is 14.2. The molecule has 7 aromatic rings. The molecule has 0 saturated carbocycles. The zero-order valence-corrected chi connectivity index (χ0v) is 38.0. The van der Waals surface area contributed by atoms with Gasteiger partial charge in [0.15, 0.2) is 18.9 Å². The first kappa shape index (κ1) is 57.9. The van der Waals surface area contributed by atoms with Crippen molar-refractivity contribution in [2.24, 2.45) is 0 Å². The van der Waals surface area contributed by atoms with E-state index < -0.39 is 195 Å². The Morgan fingerprint density at radius 2 is 0.600 bits per heavy atom. The van der Waals surface area contributed by atoms with E-state index in [1.54, 1.807) is 0 Å². The molecule has 0 N–H and O–H groups in total. The zero-order chi connectivity index (χ0) is 56.3. The van der Waals surface area contributed by atoms with Gasteiger partial charge < -0.3 is 0 Å². The van der Waals surface area contributed by atoms with Crippen molar-refractivity contribution in [3.63, 3.8) is 0 Å². The van der Waals surface area contributed by atoms with E-state index in [0.29, 0.717) is 0 Å². The van der Waals surface area contributed by atoms with Crippen LogP contribution in [0.2, 0.25) is 0 Å². The van der Waals surface area contributed by atoms with Gasteiger partial charge in [-0.2, -0.15) is 127 Å². The number of aromatic nitrogens is 1. The highest BCUT2D eigenvalue weighted by atomic mass is 79.9. The summed E-state index contributed by atoms with van der Waals surface area (Å²) in [6.07, 6.45) is -50.5. The normalized spacial score (nSPS) is 13.5. The summed E-state index contributed by atoms with van der Waals surface area (Å²) in [5.41, 5.74) is -28.9. The third kappa shape index (κ3) is 13.4. The topological polar surface area (TPSA) is 3.88 Å². The highest BCUT2D eigenvalue weighted by Gasteiger charge is 2.47. The average Bonchev–Trinajstić information content (AvgIpc) is 3.27. The van der Waals surface area contributed by atoms with Crippen molar-refractivity contribution in [2.75, 3.05) is 0 Å². The number of halogens is 25. The van der Waals surface area contributed by atoms with Gasteiger partial charge in [-0.25, -0.2) is 4.57 Å². The maximum absolute atomic E-state index is 14.2. The van der Waals surface area contributed by atoms with Crippen LogP contribution < -0.4 is 26.4 Å². The fourth-order valence-corrected chi connectivity index (χ4v) is 8.55. The molecule has 1 aromatic heterocycles. The first-order valence-electron chi connectivity index (χ1n) is 20.6. The lowest BCUT2D eigenvalue weighted by atomic mass is 9.12. The lowest BCUT2D eigenvalue weighted by molar-refractivity contribution is -0.687. The second-order valence-corrected chi connectivity index (χ2v) is 17.5. The van der Waals surface area contributed by atoms with Crippen LogP contribution in [-0.4, -0.2) is 6.15 Å². The van der Waals surface area contributed by atoms with Gasteiger partial charge in [0.2, 0.25) is 0 Å². The Balaban J connectivity index is 0.000000421. The van der Waals surface area contributed by atoms with Crippen molar-refractivity contribution >= 4 is 54.7 Å². The van der Waals surface area contributed by atoms with Crippen molar-refractivity contribution in [1.82, 2.24) is 0 Å². The Bertz CT molecular complexity index is 2760. The third-order valence-electron chi connectivity index (χ3n) is 11.4. The Kier molecular flexibility index (Phi) is 15.4. The molecule has 0 aliphatic carbocycles. The second kappa shape index (κ2) is 19.9. The van der Waals surface area contributed by atoms with Gasteiger partial charge in [0.05, 0.1) is 44.5 Å². The van der Waals surface area contributed by atoms with E-state index in [2.05, 4.69) is 81.4 Å². The van der Waals surface area contributed by atoms with E-state index in [-0.39, 0.29) is 0 Å². The number of hydrogen-bond donors (Lipinski definition) is 0. The van der Waals surface area contributed by atoms with Gasteiger partial charge in [-0.15, -0.1) is 0 Å². The molecule has 0 aliphatic rings. The summed E-state index contributed by atoms with van der Waals surface area (Å²) >= 11 is 3.50. The van der Waals surface area contributed by atoms with Gasteiger partial charge in [0.25, 0.3) is 0 Å². The lowest BCUT2D eigenvalue weighted by Crippen LogP contribution is -2.75.